The van der Waals surface area contributed by atoms with Crippen molar-refractivity contribution in [2.45, 2.75) is 56.4 Å². The summed E-state index contributed by atoms with van der Waals surface area (Å²) < 4.78 is 5.17. The van der Waals surface area contributed by atoms with E-state index in [4.69, 9.17) is 4.74 Å². The summed E-state index contributed by atoms with van der Waals surface area (Å²) in [4.78, 5) is 27.4. The number of amides is 2. The SMILES string of the molecule is CC(C)OCCCNC(=O)[C@H]1N2C(=O)c3ccccc3[C@@H]2SC1(C)C. The van der Waals surface area contributed by atoms with Crippen molar-refractivity contribution in [3.63, 3.8) is 0 Å². The van der Waals surface area contributed by atoms with Crippen LogP contribution in [0.2, 0.25) is 0 Å². The zero-order valence-corrected chi connectivity index (χ0v) is 16.1. The molecule has 2 aliphatic rings. The zero-order valence-electron chi connectivity index (χ0n) is 15.2. The lowest BCUT2D eigenvalue weighted by Gasteiger charge is -2.29. The normalized spacial score (nSPS) is 23.7. The van der Waals surface area contributed by atoms with Crippen LogP contribution in [-0.4, -0.2) is 46.8 Å². The molecule has 1 aromatic rings. The van der Waals surface area contributed by atoms with Crippen molar-refractivity contribution in [1.82, 2.24) is 10.2 Å². The van der Waals surface area contributed by atoms with E-state index in [9.17, 15) is 9.59 Å². The molecule has 0 bridgehead atoms. The van der Waals surface area contributed by atoms with E-state index in [1.807, 2.05) is 52.0 Å². The van der Waals surface area contributed by atoms with Crippen molar-refractivity contribution < 1.29 is 14.3 Å². The topological polar surface area (TPSA) is 58.6 Å². The molecule has 0 saturated carbocycles. The van der Waals surface area contributed by atoms with E-state index in [-0.39, 0.29) is 28.0 Å². The van der Waals surface area contributed by atoms with Gasteiger partial charge in [-0.15, -0.1) is 11.8 Å². The monoisotopic (exact) mass is 362 g/mol. The molecule has 0 spiro atoms. The van der Waals surface area contributed by atoms with Crippen LogP contribution in [0.5, 0.6) is 0 Å². The number of benzene rings is 1. The highest BCUT2D eigenvalue weighted by molar-refractivity contribution is 8.01. The Balaban J connectivity index is 1.69. The fourth-order valence-corrected chi connectivity index (χ4v) is 5.09. The summed E-state index contributed by atoms with van der Waals surface area (Å²) in [7, 11) is 0. The molecule has 136 valence electrons. The van der Waals surface area contributed by atoms with Gasteiger partial charge in [0.05, 0.1) is 6.10 Å². The molecular formula is C19H26N2O3S. The second-order valence-electron chi connectivity index (χ2n) is 7.34. The molecule has 1 fully saturated rings. The zero-order chi connectivity index (χ0) is 18.2. The van der Waals surface area contributed by atoms with Gasteiger partial charge in [-0.25, -0.2) is 0 Å². The fraction of sp³-hybridized carbons (Fsp3) is 0.579. The van der Waals surface area contributed by atoms with Crippen LogP contribution in [0.15, 0.2) is 24.3 Å². The average molecular weight is 362 g/mol. The summed E-state index contributed by atoms with van der Waals surface area (Å²) in [6, 6.07) is 7.20. The Morgan fingerprint density at radius 3 is 2.80 bits per heavy atom. The third kappa shape index (κ3) is 3.42. The van der Waals surface area contributed by atoms with Gasteiger partial charge in [-0.2, -0.15) is 0 Å². The molecule has 1 aromatic carbocycles. The third-order valence-electron chi connectivity index (χ3n) is 4.62. The molecule has 1 saturated heterocycles. The van der Waals surface area contributed by atoms with Crippen LogP contribution in [0, 0.1) is 0 Å². The van der Waals surface area contributed by atoms with Gasteiger partial charge in [0.1, 0.15) is 11.4 Å². The summed E-state index contributed by atoms with van der Waals surface area (Å²) in [5.41, 5.74) is 1.74. The number of thioether (sulfide) groups is 1. The minimum absolute atomic E-state index is 0.0398. The number of nitrogens with zero attached hydrogens (tertiary/aromatic N) is 1. The Morgan fingerprint density at radius 1 is 1.36 bits per heavy atom. The van der Waals surface area contributed by atoms with Gasteiger partial charge in [-0.3, -0.25) is 9.59 Å². The van der Waals surface area contributed by atoms with Crippen LogP contribution in [0.25, 0.3) is 0 Å². The Kier molecular flexibility index (Phi) is 5.11. The summed E-state index contributed by atoms with van der Waals surface area (Å²) in [5.74, 6) is -0.118. The molecule has 0 unspecified atom stereocenters. The van der Waals surface area contributed by atoms with E-state index in [1.165, 1.54) is 0 Å². The van der Waals surface area contributed by atoms with Gasteiger partial charge in [0.15, 0.2) is 0 Å². The van der Waals surface area contributed by atoms with Gasteiger partial charge in [-0.1, -0.05) is 18.2 Å². The first kappa shape index (κ1) is 18.3. The highest BCUT2D eigenvalue weighted by Gasteiger charge is 2.57. The Morgan fingerprint density at radius 2 is 2.08 bits per heavy atom. The molecule has 6 heteroatoms. The third-order valence-corrected chi connectivity index (χ3v) is 6.15. The quantitative estimate of drug-likeness (QED) is 0.791. The molecule has 2 amide bonds. The predicted octanol–water partition coefficient (Wildman–Crippen LogP) is 2.97. The number of ether oxygens (including phenoxy) is 1. The molecule has 2 heterocycles. The van der Waals surface area contributed by atoms with E-state index in [0.29, 0.717) is 13.2 Å². The summed E-state index contributed by atoms with van der Waals surface area (Å²) in [6.07, 6.45) is 0.962. The lowest BCUT2D eigenvalue weighted by molar-refractivity contribution is -0.126. The maximum atomic E-state index is 12.8. The highest BCUT2D eigenvalue weighted by Crippen LogP contribution is 2.56. The molecule has 0 aliphatic carbocycles. The molecule has 2 atom stereocenters. The Bertz CT molecular complexity index is 674. The van der Waals surface area contributed by atoms with Gasteiger partial charge in [0, 0.05) is 23.5 Å². The number of hydrogen-bond donors (Lipinski definition) is 1. The van der Waals surface area contributed by atoms with Crippen LogP contribution in [0.4, 0.5) is 0 Å². The summed E-state index contributed by atoms with van der Waals surface area (Å²) in [6.45, 7) is 9.25. The molecule has 1 N–H and O–H groups in total. The lowest BCUT2D eigenvalue weighted by Crippen LogP contribution is -2.52. The van der Waals surface area contributed by atoms with Crippen LogP contribution in [0.1, 0.15) is 55.4 Å². The highest BCUT2D eigenvalue weighted by atomic mass is 32.2. The molecule has 0 aromatic heterocycles. The minimum atomic E-state index is -0.464. The average Bonchev–Trinajstić information content (AvgIpc) is 2.97. The lowest BCUT2D eigenvalue weighted by atomic mass is 10.0. The number of carbonyl (C=O) groups excluding carboxylic acids is 2. The van der Waals surface area contributed by atoms with E-state index in [0.717, 1.165) is 17.5 Å². The molecule has 0 radical (unpaired) electrons. The molecule has 25 heavy (non-hydrogen) atoms. The molecule has 2 aliphatic heterocycles. The van der Waals surface area contributed by atoms with Crippen LogP contribution in [-0.2, 0) is 9.53 Å². The van der Waals surface area contributed by atoms with Crippen molar-refractivity contribution >= 4 is 23.6 Å². The largest absolute Gasteiger partial charge is 0.379 e. The van der Waals surface area contributed by atoms with Gasteiger partial charge in [-0.05, 0) is 45.7 Å². The maximum absolute atomic E-state index is 12.8. The van der Waals surface area contributed by atoms with E-state index < -0.39 is 6.04 Å². The fourth-order valence-electron chi connectivity index (χ4n) is 3.50. The predicted molar refractivity (Wildman–Crippen MR) is 99.5 cm³/mol. The van der Waals surface area contributed by atoms with E-state index in [1.54, 1.807) is 16.7 Å². The number of rotatable bonds is 6. The van der Waals surface area contributed by atoms with E-state index >= 15 is 0 Å². The number of hydrogen-bond acceptors (Lipinski definition) is 4. The standard InChI is InChI=1S/C19H26N2O3S/c1-12(2)24-11-7-10-20-16(22)15-19(3,4)25-18-14-9-6-5-8-13(14)17(23)21(15)18/h5-6,8-9,12,15,18H,7,10-11H2,1-4H3,(H,20,22)/t15-,18+/m1/s1. The van der Waals surface area contributed by atoms with Gasteiger partial charge >= 0.3 is 0 Å². The maximum Gasteiger partial charge on any atom is 0.256 e. The van der Waals surface area contributed by atoms with Gasteiger partial charge < -0.3 is 15.0 Å². The minimum Gasteiger partial charge on any atom is -0.379 e. The number of carbonyl (C=O) groups is 2. The second kappa shape index (κ2) is 7.00. The van der Waals surface area contributed by atoms with Gasteiger partial charge in [0.25, 0.3) is 5.91 Å². The van der Waals surface area contributed by atoms with Crippen LogP contribution < -0.4 is 5.32 Å². The number of fused-ring (bicyclic) bond motifs is 3. The van der Waals surface area contributed by atoms with Crippen LogP contribution >= 0.6 is 11.8 Å². The van der Waals surface area contributed by atoms with Crippen molar-refractivity contribution in [3.05, 3.63) is 35.4 Å². The second-order valence-corrected chi connectivity index (χ2v) is 9.07. The Labute approximate surface area is 153 Å². The first-order valence-corrected chi connectivity index (χ1v) is 9.69. The van der Waals surface area contributed by atoms with Crippen molar-refractivity contribution in [3.8, 4) is 0 Å². The van der Waals surface area contributed by atoms with Crippen molar-refractivity contribution in [2.24, 2.45) is 0 Å². The smallest absolute Gasteiger partial charge is 0.256 e. The first-order valence-electron chi connectivity index (χ1n) is 8.81. The first-order chi connectivity index (χ1) is 11.8. The molecule has 3 rings (SSSR count). The summed E-state index contributed by atoms with van der Waals surface area (Å²) >= 11 is 1.69. The molecule has 5 nitrogen and oxygen atoms in total. The Hall–Kier alpha value is -1.53. The van der Waals surface area contributed by atoms with E-state index in [2.05, 4.69) is 5.32 Å². The molecular weight excluding hydrogens is 336 g/mol. The number of nitrogens with one attached hydrogen (secondary N) is 1. The van der Waals surface area contributed by atoms with Crippen molar-refractivity contribution in [1.29, 1.82) is 0 Å². The van der Waals surface area contributed by atoms with Crippen molar-refractivity contribution in [2.75, 3.05) is 13.2 Å². The van der Waals surface area contributed by atoms with Crippen LogP contribution in [0.3, 0.4) is 0 Å². The summed E-state index contributed by atoms with van der Waals surface area (Å²) in [5, 5.41) is 2.92. The van der Waals surface area contributed by atoms with Gasteiger partial charge in [0.2, 0.25) is 5.91 Å².